The van der Waals surface area contributed by atoms with Gasteiger partial charge in [0.1, 0.15) is 12.0 Å². The molecule has 1 aliphatic heterocycles. The Morgan fingerprint density at radius 2 is 1.93 bits per heavy atom. The number of sulfonamides is 1. The highest BCUT2D eigenvalue weighted by atomic mass is 127. The minimum atomic E-state index is -3.38. The zero-order chi connectivity index (χ0) is 19.9. The van der Waals surface area contributed by atoms with E-state index in [0.717, 1.165) is 18.9 Å². The Bertz CT molecular complexity index is 693. The lowest BCUT2D eigenvalue weighted by molar-refractivity contribution is 0.259. The van der Waals surface area contributed by atoms with Gasteiger partial charge in [0.25, 0.3) is 0 Å². The second-order valence-electron chi connectivity index (χ2n) is 8.12. The zero-order valence-electron chi connectivity index (χ0n) is 17.3. The molecular weight excluding hydrogens is 493 g/mol. The average molecular weight is 527 g/mol. The predicted molar refractivity (Wildman–Crippen MR) is 122 cm³/mol. The standard InChI is InChI=1S/C18H33N5O3S.HI/c1-18(2,3)8-5-6-9-20-17(19-4)22-10-12-23(13-11-22)27(24,25)15-16-7-14-26-21-16;/h7,14H,5-6,8-13,15H2,1-4H3,(H,19,20);1H. The van der Waals surface area contributed by atoms with Crippen molar-refractivity contribution in [3.63, 3.8) is 0 Å². The summed E-state index contributed by atoms with van der Waals surface area (Å²) in [5, 5.41) is 7.10. The van der Waals surface area contributed by atoms with Gasteiger partial charge < -0.3 is 14.7 Å². The molecule has 2 heterocycles. The molecule has 1 fully saturated rings. The number of aliphatic imine (C=N–C) groups is 1. The van der Waals surface area contributed by atoms with Crippen LogP contribution in [0.3, 0.4) is 0 Å². The van der Waals surface area contributed by atoms with E-state index in [9.17, 15) is 8.42 Å². The Hall–Kier alpha value is -0.880. The number of hydrogen-bond acceptors (Lipinski definition) is 5. The Labute approximate surface area is 186 Å². The first-order valence-electron chi connectivity index (χ1n) is 9.54. The van der Waals surface area contributed by atoms with Crippen LogP contribution in [0.5, 0.6) is 0 Å². The summed E-state index contributed by atoms with van der Waals surface area (Å²) in [6, 6.07) is 1.58. The van der Waals surface area contributed by atoms with E-state index in [4.69, 9.17) is 4.52 Å². The first-order valence-corrected chi connectivity index (χ1v) is 11.1. The van der Waals surface area contributed by atoms with E-state index in [-0.39, 0.29) is 29.7 Å². The van der Waals surface area contributed by atoms with Crippen LogP contribution in [0.4, 0.5) is 0 Å². The van der Waals surface area contributed by atoms with Gasteiger partial charge in [0.15, 0.2) is 5.96 Å². The smallest absolute Gasteiger partial charge is 0.220 e. The first-order chi connectivity index (χ1) is 12.7. The Kier molecular flexibility index (Phi) is 10.2. The lowest BCUT2D eigenvalue weighted by Gasteiger charge is -2.35. The zero-order valence-corrected chi connectivity index (χ0v) is 20.5. The highest BCUT2D eigenvalue weighted by Gasteiger charge is 2.28. The van der Waals surface area contributed by atoms with Gasteiger partial charge in [-0.05, 0) is 18.3 Å². The summed E-state index contributed by atoms with van der Waals surface area (Å²) in [5.41, 5.74) is 0.806. The van der Waals surface area contributed by atoms with Gasteiger partial charge in [-0.25, -0.2) is 8.42 Å². The maximum absolute atomic E-state index is 12.5. The quantitative estimate of drug-likeness (QED) is 0.254. The number of rotatable bonds is 7. The van der Waals surface area contributed by atoms with Gasteiger partial charge in [-0.2, -0.15) is 4.31 Å². The molecule has 1 aromatic rings. The number of nitrogens with one attached hydrogen (secondary N) is 1. The first kappa shape index (κ1) is 25.2. The molecule has 0 atom stereocenters. The Balaban J connectivity index is 0.00000392. The highest BCUT2D eigenvalue weighted by molar-refractivity contribution is 14.0. The molecule has 0 bridgehead atoms. The minimum absolute atomic E-state index is 0. The molecule has 1 aliphatic rings. The van der Waals surface area contributed by atoms with Crippen molar-refractivity contribution < 1.29 is 12.9 Å². The van der Waals surface area contributed by atoms with Crippen LogP contribution in [0, 0.1) is 5.41 Å². The van der Waals surface area contributed by atoms with Gasteiger partial charge >= 0.3 is 0 Å². The molecule has 162 valence electrons. The molecule has 0 aliphatic carbocycles. The molecule has 0 spiro atoms. The molecular formula is C18H34IN5O3S. The minimum Gasteiger partial charge on any atom is -0.364 e. The van der Waals surface area contributed by atoms with Crippen molar-refractivity contribution in [3.8, 4) is 0 Å². The van der Waals surface area contributed by atoms with Crippen molar-refractivity contribution in [2.45, 2.75) is 45.8 Å². The van der Waals surface area contributed by atoms with Gasteiger partial charge in [-0.3, -0.25) is 4.99 Å². The molecule has 0 unspecified atom stereocenters. The topological polar surface area (TPSA) is 91.0 Å². The van der Waals surface area contributed by atoms with E-state index < -0.39 is 10.0 Å². The van der Waals surface area contributed by atoms with Gasteiger partial charge in [0.2, 0.25) is 10.0 Å². The van der Waals surface area contributed by atoms with Crippen molar-refractivity contribution >= 4 is 40.0 Å². The molecule has 1 N–H and O–H groups in total. The van der Waals surface area contributed by atoms with Crippen molar-refractivity contribution in [2.75, 3.05) is 39.8 Å². The van der Waals surface area contributed by atoms with E-state index in [0.29, 0.717) is 37.3 Å². The van der Waals surface area contributed by atoms with Crippen LogP contribution in [0.1, 0.15) is 45.7 Å². The maximum Gasteiger partial charge on any atom is 0.220 e. The molecule has 10 heteroatoms. The van der Waals surface area contributed by atoms with Gasteiger partial charge in [0, 0.05) is 45.8 Å². The van der Waals surface area contributed by atoms with E-state index in [1.807, 2.05) is 0 Å². The summed E-state index contributed by atoms with van der Waals surface area (Å²) in [5.74, 6) is 0.726. The molecule has 2 rings (SSSR count). The number of hydrogen-bond donors (Lipinski definition) is 1. The monoisotopic (exact) mass is 527 g/mol. The summed E-state index contributed by atoms with van der Waals surface area (Å²) in [6.45, 7) is 9.81. The van der Waals surface area contributed by atoms with Gasteiger partial charge in [0.05, 0.1) is 5.69 Å². The van der Waals surface area contributed by atoms with E-state index >= 15 is 0 Å². The molecule has 1 aromatic heterocycles. The summed E-state index contributed by atoms with van der Waals surface area (Å²) < 4.78 is 31.2. The number of halogens is 1. The summed E-state index contributed by atoms with van der Waals surface area (Å²) >= 11 is 0. The maximum atomic E-state index is 12.5. The average Bonchev–Trinajstić information content (AvgIpc) is 3.09. The highest BCUT2D eigenvalue weighted by Crippen LogP contribution is 2.21. The fourth-order valence-corrected chi connectivity index (χ4v) is 4.51. The van der Waals surface area contributed by atoms with Crippen LogP contribution in [-0.2, 0) is 15.8 Å². The van der Waals surface area contributed by atoms with Crippen molar-refractivity contribution in [1.29, 1.82) is 0 Å². The molecule has 28 heavy (non-hydrogen) atoms. The number of nitrogens with zero attached hydrogens (tertiary/aromatic N) is 4. The molecule has 1 saturated heterocycles. The largest absolute Gasteiger partial charge is 0.364 e. The van der Waals surface area contributed by atoms with Crippen LogP contribution in [0.2, 0.25) is 0 Å². The predicted octanol–water partition coefficient (Wildman–Crippen LogP) is 2.53. The third-order valence-electron chi connectivity index (χ3n) is 4.60. The number of unbranched alkanes of at least 4 members (excludes halogenated alkanes) is 1. The SMILES string of the molecule is CN=C(NCCCCC(C)(C)C)N1CCN(S(=O)(=O)Cc2ccon2)CC1.I. The normalized spacial score (nSPS) is 16.7. The molecule has 0 radical (unpaired) electrons. The van der Waals surface area contributed by atoms with Crippen LogP contribution >= 0.6 is 24.0 Å². The lowest BCUT2D eigenvalue weighted by Crippen LogP contribution is -2.54. The van der Waals surface area contributed by atoms with Crippen LogP contribution in [-0.4, -0.2) is 68.5 Å². The number of aromatic nitrogens is 1. The third-order valence-corrected chi connectivity index (χ3v) is 6.41. The van der Waals surface area contributed by atoms with E-state index in [1.165, 1.54) is 23.4 Å². The van der Waals surface area contributed by atoms with Gasteiger partial charge in [-0.1, -0.05) is 32.3 Å². The number of guanidine groups is 1. The van der Waals surface area contributed by atoms with Crippen LogP contribution in [0.15, 0.2) is 21.8 Å². The van der Waals surface area contributed by atoms with E-state index in [2.05, 4.69) is 41.1 Å². The molecule has 0 amide bonds. The van der Waals surface area contributed by atoms with Gasteiger partial charge in [-0.15, -0.1) is 24.0 Å². The summed E-state index contributed by atoms with van der Waals surface area (Å²) in [4.78, 5) is 6.46. The number of piperazine rings is 1. The Morgan fingerprint density at radius 1 is 1.25 bits per heavy atom. The van der Waals surface area contributed by atoms with Crippen molar-refractivity contribution in [2.24, 2.45) is 10.4 Å². The van der Waals surface area contributed by atoms with Crippen molar-refractivity contribution in [3.05, 3.63) is 18.0 Å². The van der Waals surface area contributed by atoms with Crippen molar-refractivity contribution in [1.82, 2.24) is 19.7 Å². The second-order valence-corrected chi connectivity index (χ2v) is 10.1. The summed E-state index contributed by atoms with van der Waals surface area (Å²) in [7, 11) is -1.61. The molecule has 8 nitrogen and oxygen atoms in total. The molecule has 0 aromatic carbocycles. The van der Waals surface area contributed by atoms with Crippen LogP contribution < -0.4 is 5.32 Å². The van der Waals surface area contributed by atoms with Crippen LogP contribution in [0.25, 0.3) is 0 Å². The lowest BCUT2D eigenvalue weighted by atomic mass is 9.90. The fourth-order valence-electron chi connectivity index (χ4n) is 3.08. The second kappa shape index (κ2) is 11.3. The Morgan fingerprint density at radius 3 is 2.46 bits per heavy atom. The third kappa shape index (κ3) is 8.24. The summed E-state index contributed by atoms with van der Waals surface area (Å²) in [6.07, 6.45) is 4.87. The molecule has 0 saturated carbocycles. The fraction of sp³-hybridized carbons (Fsp3) is 0.778. The van der Waals surface area contributed by atoms with E-state index in [1.54, 1.807) is 13.1 Å².